The molecule has 2 rings (SSSR count). The molecule has 5 heteroatoms. The highest BCUT2D eigenvalue weighted by molar-refractivity contribution is 5.61. The summed E-state index contributed by atoms with van der Waals surface area (Å²) in [6.45, 7) is 0.0528. The molecule has 0 aromatic heterocycles. The Bertz CT molecular complexity index is 392. The van der Waals surface area contributed by atoms with Crippen LogP contribution in [0.2, 0.25) is 0 Å². The van der Waals surface area contributed by atoms with Gasteiger partial charge in [0.05, 0.1) is 11.8 Å². The molecule has 1 aliphatic heterocycles. The lowest BCUT2D eigenvalue weighted by atomic mass is 10.1. The van der Waals surface area contributed by atoms with Crippen LogP contribution < -0.4 is 9.64 Å². The van der Waals surface area contributed by atoms with Gasteiger partial charge in [-0.3, -0.25) is 0 Å². The average Bonchev–Trinajstić information content (AvgIpc) is 2.24. The summed E-state index contributed by atoms with van der Waals surface area (Å²) < 4.78 is 29.1. The number of hydrogen-bond acceptors (Lipinski definition) is 3. The Morgan fingerprint density at radius 3 is 2.71 bits per heavy atom. The Balaban J connectivity index is 2.23. The van der Waals surface area contributed by atoms with E-state index in [0.717, 1.165) is 12.0 Å². The van der Waals surface area contributed by atoms with E-state index in [2.05, 4.69) is 4.74 Å². The van der Waals surface area contributed by atoms with Crippen LogP contribution >= 0.6 is 0 Å². The molecule has 0 saturated carbocycles. The SMILES string of the molecule is CCc1ccc(N2CC(O)C2)c(OC(F)F)c1. The second kappa shape index (κ2) is 4.87. The Labute approximate surface area is 98.6 Å². The molecule has 0 atom stereocenters. The summed E-state index contributed by atoms with van der Waals surface area (Å²) in [5.74, 6) is 0.186. The molecule has 0 amide bonds. The normalized spacial score (nSPS) is 16.2. The van der Waals surface area contributed by atoms with E-state index in [0.29, 0.717) is 18.8 Å². The van der Waals surface area contributed by atoms with Gasteiger partial charge in [-0.1, -0.05) is 13.0 Å². The van der Waals surface area contributed by atoms with Crippen LogP contribution in [-0.2, 0) is 6.42 Å². The van der Waals surface area contributed by atoms with Gasteiger partial charge in [-0.2, -0.15) is 8.78 Å². The van der Waals surface area contributed by atoms with Gasteiger partial charge in [0, 0.05) is 13.1 Å². The predicted octanol–water partition coefficient (Wildman–Crippen LogP) is 2.03. The number of hydrogen-bond donors (Lipinski definition) is 1. The molecule has 1 fully saturated rings. The molecule has 1 aliphatic rings. The van der Waals surface area contributed by atoms with Crippen molar-refractivity contribution in [3.8, 4) is 5.75 Å². The second-order valence-electron chi connectivity index (χ2n) is 4.09. The highest BCUT2D eigenvalue weighted by Crippen LogP contribution is 2.33. The molecular formula is C12H15F2NO2. The van der Waals surface area contributed by atoms with Crippen LogP contribution in [0.5, 0.6) is 5.75 Å². The van der Waals surface area contributed by atoms with E-state index in [1.54, 1.807) is 12.1 Å². The molecule has 1 saturated heterocycles. The molecular weight excluding hydrogens is 228 g/mol. The van der Waals surface area contributed by atoms with Crippen molar-refractivity contribution in [3.05, 3.63) is 23.8 Å². The number of β-amino-alcohol motifs (C(OH)–C–C–N with tert-alkyl or cyclic N) is 1. The number of aliphatic hydroxyl groups is 1. The smallest absolute Gasteiger partial charge is 0.387 e. The number of benzene rings is 1. The minimum Gasteiger partial charge on any atom is -0.433 e. The number of anilines is 1. The Kier molecular flexibility index (Phi) is 3.47. The van der Waals surface area contributed by atoms with Gasteiger partial charge in [0.25, 0.3) is 0 Å². The van der Waals surface area contributed by atoms with Crippen molar-refractivity contribution in [2.24, 2.45) is 0 Å². The fraction of sp³-hybridized carbons (Fsp3) is 0.500. The number of nitrogens with zero attached hydrogens (tertiary/aromatic N) is 1. The van der Waals surface area contributed by atoms with Crippen LogP contribution in [0.15, 0.2) is 18.2 Å². The highest BCUT2D eigenvalue weighted by Gasteiger charge is 2.27. The largest absolute Gasteiger partial charge is 0.433 e. The summed E-state index contributed by atoms with van der Waals surface area (Å²) in [7, 11) is 0. The third-order valence-electron chi connectivity index (χ3n) is 2.85. The Morgan fingerprint density at radius 2 is 2.18 bits per heavy atom. The van der Waals surface area contributed by atoms with E-state index in [1.807, 2.05) is 17.9 Å². The topological polar surface area (TPSA) is 32.7 Å². The molecule has 0 spiro atoms. The van der Waals surface area contributed by atoms with E-state index in [-0.39, 0.29) is 11.9 Å². The number of aliphatic hydroxyl groups excluding tert-OH is 1. The first kappa shape index (κ1) is 12.1. The summed E-state index contributed by atoms with van der Waals surface area (Å²) in [5.41, 5.74) is 1.57. The summed E-state index contributed by atoms with van der Waals surface area (Å²) >= 11 is 0. The number of halogens is 2. The van der Waals surface area contributed by atoms with Gasteiger partial charge in [-0.25, -0.2) is 0 Å². The fourth-order valence-corrected chi connectivity index (χ4v) is 1.88. The average molecular weight is 243 g/mol. The number of aryl methyl sites for hydroxylation is 1. The summed E-state index contributed by atoms with van der Waals surface area (Å²) in [4.78, 5) is 1.82. The minimum atomic E-state index is -2.83. The first-order valence-electron chi connectivity index (χ1n) is 5.61. The van der Waals surface area contributed by atoms with E-state index < -0.39 is 6.61 Å². The van der Waals surface area contributed by atoms with Gasteiger partial charge in [0.15, 0.2) is 0 Å². The molecule has 0 unspecified atom stereocenters. The minimum absolute atomic E-state index is 0.186. The van der Waals surface area contributed by atoms with Gasteiger partial charge < -0.3 is 14.7 Å². The monoisotopic (exact) mass is 243 g/mol. The molecule has 3 nitrogen and oxygen atoms in total. The Hall–Kier alpha value is -1.36. The molecule has 0 aliphatic carbocycles. The molecule has 1 aromatic rings. The third-order valence-corrected chi connectivity index (χ3v) is 2.85. The fourth-order valence-electron chi connectivity index (χ4n) is 1.88. The van der Waals surface area contributed by atoms with E-state index >= 15 is 0 Å². The molecule has 0 bridgehead atoms. The summed E-state index contributed by atoms with van der Waals surface area (Å²) in [5, 5.41) is 9.22. The molecule has 1 aromatic carbocycles. The van der Waals surface area contributed by atoms with Crippen LogP contribution in [-0.4, -0.2) is 30.9 Å². The van der Waals surface area contributed by atoms with Gasteiger partial charge in [0.2, 0.25) is 0 Å². The molecule has 0 radical (unpaired) electrons. The maximum atomic E-state index is 12.3. The lowest BCUT2D eigenvalue weighted by Gasteiger charge is -2.38. The second-order valence-corrected chi connectivity index (χ2v) is 4.09. The zero-order valence-corrected chi connectivity index (χ0v) is 9.57. The molecule has 1 N–H and O–H groups in total. The lowest BCUT2D eigenvalue weighted by molar-refractivity contribution is -0.0497. The van der Waals surface area contributed by atoms with Gasteiger partial charge in [-0.15, -0.1) is 0 Å². The van der Waals surface area contributed by atoms with E-state index in [4.69, 9.17) is 0 Å². The van der Waals surface area contributed by atoms with Crippen LogP contribution in [0.1, 0.15) is 12.5 Å². The zero-order chi connectivity index (χ0) is 12.4. The van der Waals surface area contributed by atoms with Crippen molar-refractivity contribution in [1.29, 1.82) is 0 Å². The number of ether oxygens (including phenoxy) is 1. The van der Waals surface area contributed by atoms with Crippen molar-refractivity contribution in [3.63, 3.8) is 0 Å². The third kappa shape index (κ3) is 2.66. The lowest BCUT2D eigenvalue weighted by Crippen LogP contribution is -2.51. The number of rotatable bonds is 4. The van der Waals surface area contributed by atoms with Crippen molar-refractivity contribution in [2.75, 3.05) is 18.0 Å². The van der Waals surface area contributed by atoms with Crippen LogP contribution in [0.25, 0.3) is 0 Å². The van der Waals surface area contributed by atoms with Crippen LogP contribution in [0, 0.1) is 0 Å². The maximum absolute atomic E-state index is 12.3. The standard InChI is InChI=1S/C12H15F2NO2/c1-2-8-3-4-10(15-6-9(16)7-15)11(5-8)17-12(13)14/h3-5,9,12,16H,2,6-7H2,1H3. The van der Waals surface area contributed by atoms with Crippen molar-refractivity contribution in [2.45, 2.75) is 26.1 Å². The molecule has 1 heterocycles. The number of alkyl halides is 2. The van der Waals surface area contributed by atoms with Crippen molar-refractivity contribution in [1.82, 2.24) is 0 Å². The molecule has 94 valence electrons. The maximum Gasteiger partial charge on any atom is 0.387 e. The first-order valence-corrected chi connectivity index (χ1v) is 5.61. The predicted molar refractivity (Wildman–Crippen MR) is 60.7 cm³/mol. The van der Waals surface area contributed by atoms with Crippen molar-refractivity contribution >= 4 is 5.69 Å². The molecule has 17 heavy (non-hydrogen) atoms. The van der Waals surface area contributed by atoms with Crippen molar-refractivity contribution < 1.29 is 18.6 Å². The van der Waals surface area contributed by atoms with E-state index in [9.17, 15) is 13.9 Å². The van der Waals surface area contributed by atoms with Crippen LogP contribution in [0.4, 0.5) is 14.5 Å². The first-order chi connectivity index (χ1) is 8.10. The Morgan fingerprint density at radius 1 is 1.47 bits per heavy atom. The van der Waals surface area contributed by atoms with Crippen LogP contribution in [0.3, 0.4) is 0 Å². The van der Waals surface area contributed by atoms with Gasteiger partial charge in [-0.05, 0) is 24.1 Å². The summed E-state index contributed by atoms with van der Waals surface area (Å²) in [6.07, 6.45) is 0.392. The quantitative estimate of drug-likeness (QED) is 0.878. The van der Waals surface area contributed by atoms with Gasteiger partial charge in [0.1, 0.15) is 5.75 Å². The van der Waals surface area contributed by atoms with Gasteiger partial charge >= 0.3 is 6.61 Å². The summed E-state index contributed by atoms with van der Waals surface area (Å²) in [6, 6.07) is 5.28. The van der Waals surface area contributed by atoms with E-state index in [1.165, 1.54) is 0 Å². The highest BCUT2D eigenvalue weighted by atomic mass is 19.3. The zero-order valence-electron chi connectivity index (χ0n) is 9.57.